The zero-order valence-corrected chi connectivity index (χ0v) is 17.2. The van der Waals surface area contributed by atoms with E-state index >= 15 is 0 Å². The lowest BCUT2D eigenvalue weighted by molar-refractivity contribution is -0.384. The van der Waals surface area contributed by atoms with E-state index < -0.39 is 4.92 Å². The van der Waals surface area contributed by atoms with Crippen molar-refractivity contribution in [2.45, 2.75) is 32.4 Å². The molecular weight excluding hydrogens is 416 g/mol. The highest BCUT2D eigenvalue weighted by atomic mass is 16.6. The second kappa shape index (κ2) is 8.53. The number of carbonyl (C=O) groups excluding carboxylic acids is 2. The van der Waals surface area contributed by atoms with Crippen molar-refractivity contribution in [3.8, 4) is 0 Å². The molecule has 1 aliphatic rings. The number of non-ortho nitro benzene ring substituents is 1. The van der Waals surface area contributed by atoms with Crippen molar-refractivity contribution in [3.63, 3.8) is 0 Å². The lowest BCUT2D eigenvalue weighted by atomic mass is 10.1. The molecule has 1 unspecified atom stereocenters. The Morgan fingerprint density at radius 3 is 2.44 bits per heavy atom. The molecule has 164 valence electrons. The SMILES string of the molecule is CC(Nc1cc(=O)n(CCN2C(=O)CCC2=O)c2ccc([N+](=O)[O-])cc12)c1ncccn1. The van der Waals surface area contributed by atoms with E-state index in [9.17, 15) is 24.5 Å². The van der Waals surface area contributed by atoms with Crippen molar-refractivity contribution in [2.75, 3.05) is 11.9 Å². The van der Waals surface area contributed by atoms with Crippen LogP contribution in [0.4, 0.5) is 11.4 Å². The lowest BCUT2D eigenvalue weighted by Crippen LogP contribution is -2.34. The molecule has 11 heteroatoms. The molecule has 0 spiro atoms. The molecule has 3 aromatic rings. The van der Waals surface area contributed by atoms with E-state index in [1.54, 1.807) is 18.5 Å². The van der Waals surface area contributed by atoms with Crippen LogP contribution in [0.25, 0.3) is 10.9 Å². The van der Waals surface area contributed by atoms with Gasteiger partial charge in [0.1, 0.15) is 5.82 Å². The minimum Gasteiger partial charge on any atom is -0.375 e. The van der Waals surface area contributed by atoms with Gasteiger partial charge in [0.2, 0.25) is 11.8 Å². The topological polar surface area (TPSA) is 140 Å². The van der Waals surface area contributed by atoms with Gasteiger partial charge in [0.25, 0.3) is 11.2 Å². The number of amides is 2. The van der Waals surface area contributed by atoms with Gasteiger partial charge in [0, 0.05) is 67.6 Å². The first-order chi connectivity index (χ1) is 15.3. The molecule has 11 nitrogen and oxygen atoms in total. The molecule has 0 saturated carbocycles. The maximum Gasteiger partial charge on any atom is 0.270 e. The van der Waals surface area contributed by atoms with Crippen molar-refractivity contribution in [1.29, 1.82) is 0 Å². The molecule has 1 aliphatic heterocycles. The Morgan fingerprint density at radius 2 is 1.78 bits per heavy atom. The van der Waals surface area contributed by atoms with E-state index in [2.05, 4.69) is 15.3 Å². The molecule has 4 rings (SSSR count). The number of benzene rings is 1. The molecule has 0 radical (unpaired) electrons. The van der Waals surface area contributed by atoms with Gasteiger partial charge in [-0.1, -0.05) is 0 Å². The third-order valence-corrected chi connectivity index (χ3v) is 5.35. The van der Waals surface area contributed by atoms with Crippen LogP contribution in [0.1, 0.15) is 31.6 Å². The summed E-state index contributed by atoms with van der Waals surface area (Å²) in [5, 5.41) is 15.0. The van der Waals surface area contributed by atoms with Crippen LogP contribution in [-0.4, -0.2) is 42.7 Å². The first-order valence-corrected chi connectivity index (χ1v) is 10.0. The van der Waals surface area contributed by atoms with Gasteiger partial charge in [-0.3, -0.25) is 29.4 Å². The fourth-order valence-electron chi connectivity index (χ4n) is 3.74. The molecule has 1 fully saturated rings. The van der Waals surface area contributed by atoms with Crippen LogP contribution in [-0.2, 0) is 16.1 Å². The number of nitrogens with zero attached hydrogens (tertiary/aromatic N) is 5. The highest BCUT2D eigenvalue weighted by Crippen LogP contribution is 2.28. The van der Waals surface area contributed by atoms with Crippen LogP contribution in [0.5, 0.6) is 0 Å². The van der Waals surface area contributed by atoms with Crippen molar-refractivity contribution in [1.82, 2.24) is 19.4 Å². The van der Waals surface area contributed by atoms with Gasteiger partial charge in [-0.2, -0.15) is 0 Å². The Labute approximate surface area is 181 Å². The number of likely N-dealkylation sites (tertiary alicyclic amines) is 1. The molecular formula is C21H20N6O5. The number of pyridine rings is 1. The lowest BCUT2D eigenvalue weighted by Gasteiger charge is -2.19. The number of imide groups is 1. The van der Waals surface area contributed by atoms with Crippen LogP contribution in [0.15, 0.2) is 47.5 Å². The van der Waals surface area contributed by atoms with E-state index in [0.717, 1.165) is 4.90 Å². The molecule has 1 saturated heterocycles. The molecule has 1 aromatic carbocycles. The molecule has 2 aromatic heterocycles. The van der Waals surface area contributed by atoms with Crippen LogP contribution in [0, 0.1) is 10.1 Å². The zero-order valence-electron chi connectivity index (χ0n) is 17.2. The van der Waals surface area contributed by atoms with Crippen LogP contribution >= 0.6 is 0 Å². The average Bonchev–Trinajstić information content (AvgIpc) is 3.11. The Morgan fingerprint density at radius 1 is 1.09 bits per heavy atom. The number of hydrogen-bond acceptors (Lipinski definition) is 8. The molecule has 32 heavy (non-hydrogen) atoms. The van der Waals surface area contributed by atoms with Crippen LogP contribution in [0.3, 0.4) is 0 Å². The number of carbonyl (C=O) groups is 2. The zero-order chi connectivity index (χ0) is 22.8. The first kappa shape index (κ1) is 21.1. The summed E-state index contributed by atoms with van der Waals surface area (Å²) < 4.78 is 1.41. The van der Waals surface area contributed by atoms with E-state index in [0.29, 0.717) is 22.4 Å². The van der Waals surface area contributed by atoms with Crippen molar-refractivity contribution < 1.29 is 14.5 Å². The number of aromatic nitrogens is 3. The van der Waals surface area contributed by atoms with E-state index in [1.807, 2.05) is 6.92 Å². The number of rotatable bonds is 7. The van der Waals surface area contributed by atoms with E-state index in [-0.39, 0.29) is 55.0 Å². The van der Waals surface area contributed by atoms with Gasteiger partial charge >= 0.3 is 0 Å². The minimum atomic E-state index is -0.510. The standard InChI is InChI=1S/C21H20N6O5/c1-13(21-22-7-2-8-23-21)24-16-12-20(30)25(9-10-26-18(28)5-6-19(26)29)17-4-3-14(27(31)32)11-15(16)17/h2-4,7-8,11-13,24H,5-6,9-10H2,1H3. The Kier molecular flexibility index (Phi) is 5.63. The largest absolute Gasteiger partial charge is 0.375 e. The van der Waals surface area contributed by atoms with Crippen LogP contribution in [0.2, 0.25) is 0 Å². The number of nitro groups is 1. The minimum absolute atomic E-state index is 0.0602. The monoisotopic (exact) mass is 436 g/mol. The summed E-state index contributed by atoms with van der Waals surface area (Å²) in [7, 11) is 0. The summed E-state index contributed by atoms with van der Waals surface area (Å²) >= 11 is 0. The summed E-state index contributed by atoms with van der Waals surface area (Å²) in [6.07, 6.45) is 3.54. The maximum absolute atomic E-state index is 12.9. The second-order valence-electron chi connectivity index (χ2n) is 7.42. The average molecular weight is 436 g/mol. The summed E-state index contributed by atoms with van der Waals surface area (Å²) in [6, 6.07) is 6.87. The van der Waals surface area contributed by atoms with Gasteiger partial charge in [0.05, 0.1) is 16.5 Å². The van der Waals surface area contributed by atoms with Gasteiger partial charge in [-0.15, -0.1) is 0 Å². The van der Waals surface area contributed by atoms with Gasteiger partial charge in [-0.25, -0.2) is 9.97 Å². The number of nitrogens with one attached hydrogen (secondary N) is 1. The summed E-state index contributed by atoms with van der Waals surface area (Å²) in [5.41, 5.74) is 0.359. The Bertz CT molecular complexity index is 1260. The molecule has 0 aliphatic carbocycles. The molecule has 2 amide bonds. The summed E-state index contributed by atoms with van der Waals surface area (Å²) in [5.74, 6) is -0.0303. The predicted molar refractivity (Wildman–Crippen MR) is 115 cm³/mol. The Hall–Kier alpha value is -4.15. The predicted octanol–water partition coefficient (Wildman–Crippen LogP) is 2.02. The summed E-state index contributed by atoms with van der Waals surface area (Å²) in [6.45, 7) is 1.96. The van der Waals surface area contributed by atoms with E-state index in [4.69, 9.17) is 0 Å². The van der Waals surface area contributed by atoms with E-state index in [1.165, 1.54) is 28.8 Å². The van der Waals surface area contributed by atoms with Gasteiger partial charge in [-0.05, 0) is 19.1 Å². The molecule has 0 bridgehead atoms. The highest BCUT2D eigenvalue weighted by Gasteiger charge is 2.28. The quantitative estimate of drug-likeness (QED) is 0.337. The number of anilines is 1. The second-order valence-corrected chi connectivity index (χ2v) is 7.42. The van der Waals surface area contributed by atoms with Crippen LogP contribution < -0.4 is 10.9 Å². The van der Waals surface area contributed by atoms with Crippen molar-refractivity contribution in [3.05, 3.63) is 69.0 Å². The first-order valence-electron chi connectivity index (χ1n) is 10.0. The fraction of sp³-hybridized carbons (Fsp3) is 0.286. The highest BCUT2D eigenvalue weighted by molar-refractivity contribution is 6.02. The van der Waals surface area contributed by atoms with Crippen molar-refractivity contribution >= 4 is 34.1 Å². The number of fused-ring (bicyclic) bond motifs is 1. The van der Waals surface area contributed by atoms with Crippen molar-refractivity contribution in [2.24, 2.45) is 0 Å². The normalized spacial score (nSPS) is 14.7. The molecule has 3 heterocycles. The number of nitro benzene ring substituents is 1. The number of hydrogen-bond donors (Lipinski definition) is 1. The smallest absolute Gasteiger partial charge is 0.270 e. The maximum atomic E-state index is 12.9. The molecule has 1 atom stereocenters. The van der Waals surface area contributed by atoms with Gasteiger partial charge in [0.15, 0.2) is 0 Å². The third kappa shape index (κ3) is 4.04. The fourth-order valence-corrected chi connectivity index (χ4v) is 3.74. The summed E-state index contributed by atoms with van der Waals surface area (Å²) in [4.78, 5) is 57.1. The Balaban J connectivity index is 1.74. The molecule has 1 N–H and O–H groups in total. The van der Waals surface area contributed by atoms with Gasteiger partial charge < -0.3 is 9.88 Å². The third-order valence-electron chi connectivity index (χ3n) is 5.35.